The zero-order chi connectivity index (χ0) is 10.5. The molecule has 2 rings (SSSR count). The molecule has 1 fully saturated rings. The van der Waals surface area contributed by atoms with Crippen molar-refractivity contribution in [2.45, 2.75) is 6.54 Å². The van der Waals surface area contributed by atoms with Crippen LogP contribution in [0.1, 0.15) is 5.69 Å². The topological polar surface area (TPSA) is 44.3 Å². The van der Waals surface area contributed by atoms with E-state index in [1.807, 2.05) is 6.07 Å². The summed E-state index contributed by atoms with van der Waals surface area (Å²) in [6, 6.07) is 1.93. The van der Waals surface area contributed by atoms with Gasteiger partial charge in [0, 0.05) is 32.4 Å². The minimum atomic E-state index is 0.784. The quantitative estimate of drug-likeness (QED) is 0.739. The van der Waals surface area contributed by atoms with Crippen LogP contribution in [0, 0.1) is 0 Å². The van der Waals surface area contributed by atoms with Crippen molar-refractivity contribution < 1.29 is 0 Å². The first-order valence-electron chi connectivity index (χ1n) is 5.26. The molecular formula is C10H17N5. The van der Waals surface area contributed by atoms with Crippen LogP contribution in [0.15, 0.2) is 18.6 Å². The van der Waals surface area contributed by atoms with Gasteiger partial charge in [-0.25, -0.2) is 20.4 Å². The number of hydrogen-bond donors (Lipinski definition) is 1. The Morgan fingerprint density at radius 3 is 2.80 bits per heavy atom. The molecule has 1 N–H and O–H groups in total. The van der Waals surface area contributed by atoms with E-state index in [2.05, 4.69) is 32.4 Å². The molecule has 0 bridgehead atoms. The lowest BCUT2D eigenvalue weighted by Crippen LogP contribution is -2.50. The fourth-order valence-electron chi connectivity index (χ4n) is 1.58. The first kappa shape index (κ1) is 10.5. The molecule has 0 saturated carbocycles. The summed E-state index contributed by atoms with van der Waals surface area (Å²) in [5, 5.41) is 2.25. The summed E-state index contributed by atoms with van der Waals surface area (Å²) in [7, 11) is 2.15. The fraction of sp³-hybridized carbons (Fsp3) is 0.600. The molecule has 5 nitrogen and oxygen atoms in total. The largest absolute Gasteiger partial charge is 0.304 e. The summed E-state index contributed by atoms with van der Waals surface area (Å²) in [5.74, 6) is 0. The van der Waals surface area contributed by atoms with E-state index in [0.29, 0.717) is 0 Å². The SMILES string of the molecule is CN1CCN(NCc2ccncn2)CC1. The summed E-state index contributed by atoms with van der Waals surface area (Å²) < 4.78 is 0. The van der Waals surface area contributed by atoms with Crippen molar-refractivity contribution in [2.24, 2.45) is 0 Å². The molecule has 82 valence electrons. The molecule has 0 amide bonds. The zero-order valence-electron chi connectivity index (χ0n) is 9.06. The van der Waals surface area contributed by atoms with E-state index in [-0.39, 0.29) is 0 Å². The number of hydrazine groups is 1. The van der Waals surface area contributed by atoms with Crippen molar-refractivity contribution in [2.75, 3.05) is 33.2 Å². The lowest BCUT2D eigenvalue weighted by Gasteiger charge is -2.32. The highest BCUT2D eigenvalue weighted by molar-refractivity contribution is 4.96. The Kier molecular flexibility index (Phi) is 3.60. The molecular weight excluding hydrogens is 190 g/mol. The number of hydrogen-bond acceptors (Lipinski definition) is 5. The van der Waals surface area contributed by atoms with Crippen molar-refractivity contribution in [3.05, 3.63) is 24.3 Å². The smallest absolute Gasteiger partial charge is 0.115 e. The summed E-state index contributed by atoms with van der Waals surface area (Å²) in [4.78, 5) is 10.4. The standard InChI is InChI=1S/C10H17N5/c1-14-4-6-15(7-5-14)13-8-10-2-3-11-9-12-10/h2-3,9,13H,4-8H2,1H3. The van der Waals surface area contributed by atoms with Crippen LogP contribution in [0.2, 0.25) is 0 Å². The first-order chi connectivity index (χ1) is 7.34. The molecule has 0 unspecified atom stereocenters. The van der Waals surface area contributed by atoms with Gasteiger partial charge in [0.15, 0.2) is 0 Å². The number of nitrogens with zero attached hydrogens (tertiary/aromatic N) is 4. The maximum Gasteiger partial charge on any atom is 0.115 e. The Labute approximate surface area is 90.1 Å². The predicted octanol–water partition coefficient (Wildman–Crippen LogP) is -0.271. The molecule has 0 aliphatic carbocycles. The van der Waals surface area contributed by atoms with Gasteiger partial charge in [-0.15, -0.1) is 0 Å². The third-order valence-corrected chi connectivity index (χ3v) is 2.63. The maximum absolute atomic E-state index is 4.17. The summed E-state index contributed by atoms with van der Waals surface area (Å²) in [6.45, 7) is 5.17. The summed E-state index contributed by atoms with van der Waals surface area (Å²) in [5.41, 5.74) is 4.41. The minimum absolute atomic E-state index is 0.784. The van der Waals surface area contributed by atoms with E-state index >= 15 is 0 Å². The van der Waals surface area contributed by atoms with Crippen LogP contribution >= 0.6 is 0 Å². The van der Waals surface area contributed by atoms with Gasteiger partial charge in [-0.2, -0.15) is 0 Å². The maximum atomic E-state index is 4.17. The number of aromatic nitrogens is 2. The third kappa shape index (κ3) is 3.23. The third-order valence-electron chi connectivity index (χ3n) is 2.63. The number of likely N-dealkylation sites (N-methyl/N-ethyl adjacent to an activating group) is 1. The van der Waals surface area contributed by atoms with Gasteiger partial charge >= 0.3 is 0 Å². The average Bonchev–Trinajstić information content (AvgIpc) is 2.30. The number of nitrogens with one attached hydrogen (secondary N) is 1. The van der Waals surface area contributed by atoms with Gasteiger partial charge in [0.25, 0.3) is 0 Å². The monoisotopic (exact) mass is 207 g/mol. The van der Waals surface area contributed by atoms with E-state index in [9.17, 15) is 0 Å². The molecule has 1 aromatic heterocycles. The molecule has 1 aromatic rings. The van der Waals surface area contributed by atoms with E-state index < -0.39 is 0 Å². The van der Waals surface area contributed by atoms with Crippen molar-refractivity contribution in [3.63, 3.8) is 0 Å². The second kappa shape index (κ2) is 5.16. The highest BCUT2D eigenvalue weighted by atomic mass is 15.5. The normalized spacial score (nSPS) is 19.3. The molecule has 1 aliphatic heterocycles. The van der Waals surface area contributed by atoms with Crippen LogP contribution in [-0.4, -0.2) is 53.1 Å². The van der Waals surface area contributed by atoms with Crippen molar-refractivity contribution >= 4 is 0 Å². The van der Waals surface area contributed by atoms with Crippen LogP contribution in [0.5, 0.6) is 0 Å². The van der Waals surface area contributed by atoms with Gasteiger partial charge < -0.3 is 4.90 Å². The van der Waals surface area contributed by atoms with Crippen molar-refractivity contribution in [3.8, 4) is 0 Å². The van der Waals surface area contributed by atoms with Gasteiger partial charge in [0.2, 0.25) is 0 Å². The average molecular weight is 207 g/mol. The molecule has 5 heteroatoms. The molecule has 1 saturated heterocycles. The van der Waals surface area contributed by atoms with E-state index in [0.717, 1.165) is 38.4 Å². The summed E-state index contributed by atoms with van der Waals surface area (Å²) in [6.07, 6.45) is 3.36. The van der Waals surface area contributed by atoms with Crippen molar-refractivity contribution in [1.82, 2.24) is 25.3 Å². The van der Waals surface area contributed by atoms with Crippen molar-refractivity contribution in [1.29, 1.82) is 0 Å². The zero-order valence-corrected chi connectivity index (χ0v) is 9.06. The molecule has 0 aromatic carbocycles. The second-order valence-corrected chi connectivity index (χ2v) is 3.83. The molecule has 0 radical (unpaired) electrons. The predicted molar refractivity (Wildman–Crippen MR) is 57.9 cm³/mol. The van der Waals surface area contributed by atoms with E-state index in [1.165, 1.54) is 0 Å². The van der Waals surface area contributed by atoms with Gasteiger partial charge in [-0.1, -0.05) is 0 Å². The molecule has 1 aliphatic rings. The Balaban J connectivity index is 1.74. The van der Waals surface area contributed by atoms with Gasteiger partial charge in [0.05, 0.1) is 12.2 Å². The molecule has 2 heterocycles. The lowest BCUT2D eigenvalue weighted by molar-refractivity contribution is 0.101. The van der Waals surface area contributed by atoms with Crippen LogP contribution in [0.25, 0.3) is 0 Å². The molecule has 0 spiro atoms. The number of piperazine rings is 1. The van der Waals surface area contributed by atoms with Gasteiger partial charge in [-0.05, 0) is 13.1 Å². The highest BCUT2D eigenvalue weighted by Crippen LogP contribution is 1.97. The van der Waals surface area contributed by atoms with Crippen LogP contribution < -0.4 is 5.43 Å². The number of rotatable bonds is 3. The van der Waals surface area contributed by atoms with E-state index in [4.69, 9.17) is 0 Å². The van der Waals surface area contributed by atoms with Crippen LogP contribution in [-0.2, 0) is 6.54 Å². The summed E-state index contributed by atoms with van der Waals surface area (Å²) >= 11 is 0. The second-order valence-electron chi connectivity index (χ2n) is 3.83. The van der Waals surface area contributed by atoms with E-state index in [1.54, 1.807) is 12.5 Å². The lowest BCUT2D eigenvalue weighted by atomic mass is 10.4. The Bertz CT molecular complexity index is 281. The Morgan fingerprint density at radius 2 is 2.13 bits per heavy atom. The first-order valence-corrected chi connectivity index (χ1v) is 5.26. The minimum Gasteiger partial charge on any atom is -0.304 e. The van der Waals surface area contributed by atoms with Gasteiger partial charge in [0.1, 0.15) is 6.33 Å². The van der Waals surface area contributed by atoms with Crippen LogP contribution in [0.4, 0.5) is 0 Å². The van der Waals surface area contributed by atoms with Crippen LogP contribution in [0.3, 0.4) is 0 Å². The highest BCUT2D eigenvalue weighted by Gasteiger charge is 2.12. The molecule has 15 heavy (non-hydrogen) atoms. The Hall–Kier alpha value is -1.04. The molecule has 0 atom stereocenters. The fourth-order valence-corrected chi connectivity index (χ4v) is 1.58. The van der Waals surface area contributed by atoms with Gasteiger partial charge in [-0.3, -0.25) is 0 Å². The Morgan fingerprint density at radius 1 is 1.33 bits per heavy atom.